The monoisotopic (exact) mass is 488 g/mol. The third-order valence-electron chi connectivity index (χ3n) is 6.70. The van der Waals surface area contributed by atoms with Crippen LogP contribution in [0.5, 0.6) is 0 Å². The molecule has 0 unspecified atom stereocenters. The number of ether oxygens (including phenoxy) is 5. The zero-order valence-electron chi connectivity index (χ0n) is 19.4. The van der Waals surface area contributed by atoms with Crippen LogP contribution in [0.4, 0.5) is 0 Å². The molecule has 1 saturated carbocycles. The molecular weight excluding hydrogens is 456 g/mol. The lowest BCUT2D eigenvalue weighted by atomic mass is 9.73. The Balaban J connectivity index is 1.99. The summed E-state index contributed by atoms with van der Waals surface area (Å²) in [5.41, 5.74) is -0.994. The summed E-state index contributed by atoms with van der Waals surface area (Å²) < 4.78 is 27.5. The van der Waals surface area contributed by atoms with Crippen LogP contribution in [0.15, 0.2) is 11.6 Å². The van der Waals surface area contributed by atoms with Crippen LogP contribution in [0.3, 0.4) is 0 Å². The van der Waals surface area contributed by atoms with E-state index >= 15 is 0 Å². The lowest BCUT2D eigenvalue weighted by Gasteiger charge is -2.45. The van der Waals surface area contributed by atoms with Gasteiger partial charge in [-0.2, -0.15) is 0 Å². The van der Waals surface area contributed by atoms with E-state index in [1.165, 1.54) is 21.0 Å². The van der Waals surface area contributed by atoms with E-state index in [9.17, 15) is 34.8 Å². The van der Waals surface area contributed by atoms with E-state index in [1.54, 1.807) is 13.0 Å². The summed E-state index contributed by atoms with van der Waals surface area (Å²) in [6, 6.07) is 0. The summed E-state index contributed by atoms with van der Waals surface area (Å²) in [7, 11) is 1.22. The summed E-state index contributed by atoms with van der Waals surface area (Å²) in [5, 5.41) is 40.1. The molecule has 192 valence electrons. The first-order chi connectivity index (χ1) is 15.9. The van der Waals surface area contributed by atoms with Crippen LogP contribution in [0.2, 0.25) is 0 Å². The minimum Gasteiger partial charge on any atom is -0.466 e. The lowest BCUT2D eigenvalue weighted by Crippen LogP contribution is -2.60. The van der Waals surface area contributed by atoms with Crippen molar-refractivity contribution < 1.29 is 58.5 Å². The number of hydrogen-bond acceptors (Lipinski definition) is 12. The van der Waals surface area contributed by atoms with Gasteiger partial charge in [0.15, 0.2) is 6.29 Å². The SMILES string of the molecule is COC(=O)C1=CC[C@@H](O[C@@H]2O[C@H](CO)[C@@H](O)[C@H](O)[C@H]2O)[C@H]2[C@@H]1[C@H](OC(C)=O)C[C@]2(C)OC(C)=O. The van der Waals surface area contributed by atoms with Gasteiger partial charge in [0.05, 0.1) is 19.8 Å². The minimum absolute atomic E-state index is 0.0738. The lowest BCUT2D eigenvalue weighted by molar-refractivity contribution is -0.319. The van der Waals surface area contributed by atoms with Crippen molar-refractivity contribution in [2.75, 3.05) is 13.7 Å². The number of carbonyl (C=O) groups excluding carboxylic acids is 3. The van der Waals surface area contributed by atoms with Gasteiger partial charge in [-0.15, -0.1) is 0 Å². The highest BCUT2D eigenvalue weighted by Crippen LogP contribution is 2.53. The molecule has 0 aromatic rings. The quantitative estimate of drug-likeness (QED) is 0.253. The third kappa shape index (κ3) is 4.97. The van der Waals surface area contributed by atoms with Gasteiger partial charge in [0.25, 0.3) is 0 Å². The second-order valence-corrected chi connectivity index (χ2v) is 9.07. The highest BCUT2D eigenvalue weighted by molar-refractivity contribution is 5.89. The molecule has 4 N–H and O–H groups in total. The molecule has 34 heavy (non-hydrogen) atoms. The van der Waals surface area contributed by atoms with E-state index < -0.39 is 84.9 Å². The molecule has 3 rings (SSSR count). The molecule has 2 aliphatic carbocycles. The average Bonchev–Trinajstić information content (AvgIpc) is 3.04. The smallest absolute Gasteiger partial charge is 0.333 e. The molecule has 12 nitrogen and oxygen atoms in total. The van der Waals surface area contributed by atoms with Gasteiger partial charge in [0.1, 0.15) is 36.1 Å². The van der Waals surface area contributed by atoms with Gasteiger partial charge in [0, 0.05) is 37.7 Å². The van der Waals surface area contributed by atoms with Gasteiger partial charge in [-0.25, -0.2) is 4.79 Å². The predicted molar refractivity (Wildman–Crippen MR) is 111 cm³/mol. The average molecular weight is 488 g/mol. The Labute approximate surface area is 196 Å². The van der Waals surface area contributed by atoms with Crippen molar-refractivity contribution in [2.45, 2.75) is 82.1 Å². The third-order valence-corrected chi connectivity index (χ3v) is 6.70. The fraction of sp³-hybridized carbons (Fsp3) is 0.773. The minimum atomic E-state index is -1.65. The summed E-state index contributed by atoms with van der Waals surface area (Å²) in [4.78, 5) is 36.3. The standard InChI is InChI=1S/C22H32O12/c1-9(24)31-13-7-22(3,34-10(2)25)16-12(6-5-11(15(13)16)20(29)30-4)32-21-19(28)18(27)17(26)14(8-23)33-21/h5,12-19,21,23,26-28H,6-8H2,1-4H3/t12-,13-,14-,15+,16+,17-,18+,19-,21-,22+/m1/s1. The van der Waals surface area contributed by atoms with Crippen molar-refractivity contribution in [1.82, 2.24) is 0 Å². The van der Waals surface area contributed by atoms with Crippen LogP contribution in [-0.4, -0.2) is 101 Å². The molecule has 1 saturated heterocycles. The molecule has 0 radical (unpaired) electrons. The maximum atomic E-state index is 12.6. The van der Waals surface area contributed by atoms with Crippen LogP contribution < -0.4 is 0 Å². The number of carbonyl (C=O) groups is 3. The van der Waals surface area contributed by atoms with Crippen LogP contribution in [0, 0.1) is 11.8 Å². The van der Waals surface area contributed by atoms with Crippen LogP contribution >= 0.6 is 0 Å². The van der Waals surface area contributed by atoms with Crippen LogP contribution in [-0.2, 0) is 38.1 Å². The molecular formula is C22H32O12. The Bertz CT molecular complexity index is 825. The zero-order valence-corrected chi connectivity index (χ0v) is 19.4. The van der Waals surface area contributed by atoms with Gasteiger partial charge in [-0.05, 0) is 13.3 Å². The molecule has 1 aliphatic heterocycles. The van der Waals surface area contributed by atoms with Gasteiger partial charge < -0.3 is 44.1 Å². The van der Waals surface area contributed by atoms with Gasteiger partial charge in [-0.3, -0.25) is 9.59 Å². The highest BCUT2D eigenvalue weighted by atomic mass is 16.7. The van der Waals surface area contributed by atoms with E-state index in [-0.39, 0.29) is 18.4 Å². The number of hydrogen-bond donors (Lipinski definition) is 4. The molecule has 12 heteroatoms. The summed E-state index contributed by atoms with van der Waals surface area (Å²) in [5.74, 6) is -3.30. The largest absolute Gasteiger partial charge is 0.466 e. The van der Waals surface area contributed by atoms with Crippen molar-refractivity contribution in [3.8, 4) is 0 Å². The Kier molecular flexibility index (Phi) is 8.00. The topological polar surface area (TPSA) is 178 Å². The Hall–Kier alpha value is -2.09. The number of esters is 3. The molecule has 2 fully saturated rings. The molecule has 10 atom stereocenters. The first kappa shape index (κ1) is 26.5. The van der Waals surface area contributed by atoms with Gasteiger partial charge in [-0.1, -0.05) is 6.08 Å². The fourth-order valence-corrected chi connectivity index (χ4v) is 5.41. The van der Waals surface area contributed by atoms with Crippen LogP contribution in [0.25, 0.3) is 0 Å². The number of aliphatic hydroxyl groups is 4. The Morgan fingerprint density at radius 3 is 2.32 bits per heavy atom. The van der Waals surface area contributed by atoms with Gasteiger partial charge in [0.2, 0.25) is 0 Å². The normalized spacial score (nSPS) is 41.8. The number of aliphatic hydroxyl groups excluding tert-OH is 4. The predicted octanol–water partition coefficient (Wildman–Crippen LogP) is -1.44. The summed E-state index contributed by atoms with van der Waals surface area (Å²) in [6.45, 7) is 3.46. The molecule has 0 spiro atoms. The summed E-state index contributed by atoms with van der Waals surface area (Å²) in [6.07, 6.45) is -7.38. The maximum Gasteiger partial charge on any atom is 0.333 e. The molecule has 0 aromatic carbocycles. The maximum absolute atomic E-state index is 12.6. The number of methoxy groups -OCH3 is 1. The van der Waals surface area contributed by atoms with E-state index in [0.29, 0.717) is 0 Å². The second kappa shape index (κ2) is 10.3. The van der Waals surface area contributed by atoms with Crippen molar-refractivity contribution >= 4 is 17.9 Å². The Morgan fingerprint density at radius 2 is 1.76 bits per heavy atom. The second-order valence-electron chi connectivity index (χ2n) is 9.07. The first-order valence-corrected chi connectivity index (χ1v) is 11.0. The van der Waals surface area contributed by atoms with Crippen molar-refractivity contribution in [3.05, 3.63) is 11.6 Å². The van der Waals surface area contributed by atoms with Crippen LogP contribution in [0.1, 0.15) is 33.6 Å². The number of fused-ring (bicyclic) bond motifs is 1. The molecule has 0 aromatic heterocycles. The fourth-order valence-electron chi connectivity index (χ4n) is 5.41. The van der Waals surface area contributed by atoms with E-state index in [0.717, 1.165) is 0 Å². The Morgan fingerprint density at radius 1 is 1.09 bits per heavy atom. The number of rotatable bonds is 6. The van der Waals surface area contributed by atoms with E-state index in [2.05, 4.69) is 0 Å². The van der Waals surface area contributed by atoms with E-state index in [1.807, 2.05) is 0 Å². The van der Waals surface area contributed by atoms with Crippen molar-refractivity contribution in [2.24, 2.45) is 11.8 Å². The summed E-state index contributed by atoms with van der Waals surface area (Å²) >= 11 is 0. The van der Waals surface area contributed by atoms with Crippen molar-refractivity contribution in [1.29, 1.82) is 0 Å². The molecule has 1 heterocycles. The molecule has 0 bridgehead atoms. The van der Waals surface area contributed by atoms with E-state index in [4.69, 9.17) is 23.7 Å². The highest BCUT2D eigenvalue weighted by Gasteiger charge is 2.61. The van der Waals surface area contributed by atoms with Crippen molar-refractivity contribution in [3.63, 3.8) is 0 Å². The first-order valence-electron chi connectivity index (χ1n) is 11.0. The zero-order chi connectivity index (χ0) is 25.4. The molecule has 0 amide bonds. The van der Waals surface area contributed by atoms with Gasteiger partial charge >= 0.3 is 17.9 Å². The molecule has 3 aliphatic rings.